The molecule has 16 heavy (non-hydrogen) atoms. The Morgan fingerprint density at radius 2 is 1.69 bits per heavy atom. The molecule has 94 valence electrons. The number of hydrogen-bond donors (Lipinski definition) is 3. The molecule has 1 amide bonds. The van der Waals surface area contributed by atoms with Crippen molar-refractivity contribution in [3.05, 3.63) is 0 Å². The van der Waals surface area contributed by atoms with Crippen LogP contribution >= 0.6 is 0 Å². The normalized spacial score (nSPS) is 15.7. The van der Waals surface area contributed by atoms with Crippen LogP contribution in [0.5, 0.6) is 0 Å². The summed E-state index contributed by atoms with van der Waals surface area (Å²) in [5.74, 6) is -1.63. The molecule has 0 fully saturated rings. The first-order valence-electron chi connectivity index (χ1n) is 5.36. The number of carbonyl (C=O) groups excluding carboxylic acids is 1. The van der Waals surface area contributed by atoms with E-state index in [0.717, 1.165) is 0 Å². The van der Waals surface area contributed by atoms with Gasteiger partial charge in [-0.15, -0.1) is 0 Å². The summed E-state index contributed by atoms with van der Waals surface area (Å²) in [6.07, 6.45) is 0. The molecule has 0 saturated heterocycles. The van der Waals surface area contributed by atoms with Crippen molar-refractivity contribution in [2.75, 3.05) is 0 Å². The van der Waals surface area contributed by atoms with Crippen LogP contribution in [0.1, 0.15) is 34.6 Å². The van der Waals surface area contributed by atoms with Crippen LogP contribution in [0.2, 0.25) is 0 Å². The molecule has 0 unspecified atom stereocenters. The van der Waals surface area contributed by atoms with E-state index >= 15 is 0 Å². The van der Waals surface area contributed by atoms with E-state index in [-0.39, 0.29) is 11.3 Å². The molecule has 0 aromatic heterocycles. The summed E-state index contributed by atoms with van der Waals surface area (Å²) in [4.78, 5) is 22.6. The van der Waals surface area contributed by atoms with Gasteiger partial charge in [0.25, 0.3) is 0 Å². The minimum atomic E-state index is -1.04. The predicted octanol–water partition coefficient (Wildman–Crippen LogP) is 0.585. The summed E-state index contributed by atoms with van der Waals surface area (Å²) in [5.41, 5.74) is 5.35. The Labute approximate surface area is 96.4 Å². The molecular formula is C11H22N2O3. The van der Waals surface area contributed by atoms with Gasteiger partial charge >= 0.3 is 5.97 Å². The highest BCUT2D eigenvalue weighted by atomic mass is 16.4. The minimum Gasteiger partial charge on any atom is -0.480 e. The van der Waals surface area contributed by atoms with E-state index in [9.17, 15) is 9.59 Å². The number of rotatable bonds is 4. The third-order valence-electron chi connectivity index (χ3n) is 2.45. The minimum absolute atomic E-state index is 0.173. The van der Waals surface area contributed by atoms with Crippen LogP contribution in [0.15, 0.2) is 0 Å². The Hall–Kier alpha value is -1.10. The van der Waals surface area contributed by atoms with Gasteiger partial charge in [0.05, 0.1) is 6.04 Å². The second-order valence-corrected chi connectivity index (χ2v) is 5.41. The zero-order chi connectivity index (χ0) is 13.1. The molecule has 0 rings (SSSR count). The van der Waals surface area contributed by atoms with Gasteiger partial charge in [-0.05, 0) is 11.3 Å². The first-order chi connectivity index (χ1) is 7.07. The molecule has 0 spiro atoms. The zero-order valence-corrected chi connectivity index (χ0v) is 10.6. The van der Waals surface area contributed by atoms with Crippen LogP contribution in [-0.2, 0) is 9.59 Å². The van der Waals surface area contributed by atoms with E-state index in [2.05, 4.69) is 5.32 Å². The van der Waals surface area contributed by atoms with Gasteiger partial charge in [0.2, 0.25) is 5.91 Å². The van der Waals surface area contributed by atoms with E-state index in [1.54, 1.807) is 13.8 Å². The molecule has 0 aromatic rings. The lowest BCUT2D eigenvalue weighted by atomic mass is 9.86. The molecule has 0 aliphatic rings. The molecule has 4 N–H and O–H groups in total. The third kappa shape index (κ3) is 4.18. The van der Waals surface area contributed by atoms with Crippen molar-refractivity contribution in [1.29, 1.82) is 0 Å². The molecule has 2 atom stereocenters. The van der Waals surface area contributed by atoms with Crippen LogP contribution < -0.4 is 11.1 Å². The molecular weight excluding hydrogens is 208 g/mol. The Kier molecular flexibility index (Phi) is 4.93. The van der Waals surface area contributed by atoms with Crippen molar-refractivity contribution < 1.29 is 14.7 Å². The lowest BCUT2D eigenvalue weighted by Crippen LogP contribution is -2.54. The Bertz CT molecular complexity index is 269. The standard InChI is InChI=1S/C11H22N2O3/c1-6(2)7(10(15)16)13-9(14)8(12)11(3,4)5/h6-8H,12H2,1-5H3,(H,13,14)(H,15,16)/t7-,8+/m0/s1. The van der Waals surface area contributed by atoms with Crippen molar-refractivity contribution in [2.24, 2.45) is 17.1 Å². The van der Waals surface area contributed by atoms with E-state index in [0.29, 0.717) is 0 Å². The van der Waals surface area contributed by atoms with Crippen LogP contribution in [-0.4, -0.2) is 29.1 Å². The van der Waals surface area contributed by atoms with Crippen molar-refractivity contribution >= 4 is 11.9 Å². The smallest absolute Gasteiger partial charge is 0.326 e. The number of aliphatic carboxylic acids is 1. The maximum atomic E-state index is 11.7. The lowest BCUT2D eigenvalue weighted by molar-refractivity contribution is -0.143. The first-order valence-corrected chi connectivity index (χ1v) is 5.36. The predicted molar refractivity (Wildman–Crippen MR) is 61.8 cm³/mol. The summed E-state index contributed by atoms with van der Waals surface area (Å²) < 4.78 is 0. The first kappa shape index (κ1) is 14.9. The molecule has 5 heteroatoms. The quantitative estimate of drug-likeness (QED) is 0.659. The van der Waals surface area contributed by atoms with Gasteiger partial charge in [0, 0.05) is 0 Å². The zero-order valence-electron chi connectivity index (χ0n) is 10.6. The Morgan fingerprint density at radius 1 is 1.25 bits per heavy atom. The number of carboxylic acid groups (broad SMARTS) is 1. The summed E-state index contributed by atoms with van der Waals surface area (Å²) >= 11 is 0. The largest absolute Gasteiger partial charge is 0.480 e. The molecule has 0 aromatic carbocycles. The number of nitrogens with one attached hydrogen (secondary N) is 1. The summed E-state index contributed by atoms with van der Waals surface area (Å²) in [5, 5.41) is 11.4. The van der Waals surface area contributed by atoms with Crippen molar-refractivity contribution in [2.45, 2.75) is 46.7 Å². The number of nitrogens with two attached hydrogens (primary N) is 1. The number of carbonyl (C=O) groups is 2. The topological polar surface area (TPSA) is 92.4 Å². The molecule has 5 nitrogen and oxygen atoms in total. The molecule has 0 heterocycles. The van der Waals surface area contributed by atoms with E-state index in [4.69, 9.17) is 10.8 Å². The fourth-order valence-electron chi connectivity index (χ4n) is 1.15. The van der Waals surface area contributed by atoms with E-state index < -0.39 is 24.0 Å². The summed E-state index contributed by atoms with van der Waals surface area (Å²) in [6.45, 7) is 8.98. The van der Waals surface area contributed by atoms with Crippen LogP contribution in [0.4, 0.5) is 0 Å². The van der Waals surface area contributed by atoms with Crippen molar-refractivity contribution in [1.82, 2.24) is 5.32 Å². The van der Waals surface area contributed by atoms with E-state index in [1.165, 1.54) is 0 Å². The number of carboxylic acids is 1. The van der Waals surface area contributed by atoms with Gasteiger partial charge in [-0.3, -0.25) is 4.79 Å². The maximum absolute atomic E-state index is 11.7. The average molecular weight is 230 g/mol. The summed E-state index contributed by atoms with van der Waals surface area (Å²) in [6, 6.07) is -1.60. The number of amides is 1. The SMILES string of the molecule is CC(C)[C@H](NC(=O)[C@@H](N)C(C)(C)C)C(=O)O. The fraction of sp³-hybridized carbons (Fsp3) is 0.818. The Morgan fingerprint density at radius 3 is 1.94 bits per heavy atom. The fourth-order valence-corrected chi connectivity index (χ4v) is 1.15. The van der Waals surface area contributed by atoms with Gasteiger partial charge in [0.15, 0.2) is 0 Å². The van der Waals surface area contributed by atoms with Gasteiger partial charge in [0.1, 0.15) is 6.04 Å². The van der Waals surface area contributed by atoms with E-state index in [1.807, 2.05) is 20.8 Å². The van der Waals surface area contributed by atoms with Crippen LogP contribution in [0, 0.1) is 11.3 Å². The highest BCUT2D eigenvalue weighted by Crippen LogP contribution is 2.17. The molecule has 0 aliphatic carbocycles. The van der Waals surface area contributed by atoms with Crippen LogP contribution in [0.3, 0.4) is 0 Å². The van der Waals surface area contributed by atoms with Crippen molar-refractivity contribution in [3.8, 4) is 0 Å². The Balaban J connectivity index is 4.60. The maximum Gasteiger partial charge on any atom is 0.326 e. The van der Waals surface area contributed by atoms with Gasteiger partial charge in [-0.25, -0.2) is 4.79 Å². The lowest BCUT2D eigenvalue weighted by Gasteiger charge is -2.28. The van der Waals surface area contributed by atoms with Gasteiger partial charge in [-0.1, -0.05) is 34.6 Å². The molecule has 0 saturated carbocycles. The van der Waals surface area contributed by atoms with Crippen LogP contribution in [0.25, 0.3) is 0 Å². The second kappa shape index (κ2) is 5.30. The molecule has 0 radical (unpaired) electrons. The molecule has 0 bridgehead atoms. The van der Waals surface area contributed by atoms with Gasteiger partial charge in [-0.2, -0.15) is 0 Å². The highest BCUT2D eigenvalue weighted by molar-refractivity contribution is 5.87. The van der Waals surface area contributed by atoms with Crippen molar-refractivity contribution in [3.63, 3.8) is 0 Å². The number of hydrogen-bond acceptors (Lipinski definition) is 3. The monoisotopic (exact) mass is 230 g/mol. The summed E-state index contributed by atoms with van der Waals surface area (Å²) in [7, 11) is 0. The second-order valence-electron chi connectivity index (χ2n) is 5.41. The third-order valence-corrected chi connectivity index (χ3v) is 2.45. The molecule has 0 aliphatic heterocycles. The highest BCUT2D eigenvalue weighted by Gasteiger charge is 2.31. The van der Waals surface area contributed by atoms with Gasteiger partial charge < -0.3 is 16.2 Å². The average Bonchev–Trinajstić information content (AvgIpc) is 2.09.